The molecule has 22 heavy (non-hydrogen) atoms. The molecule has 0 spiro atoms. The fraction of sp³-hybridized carbons (Fsp3) is 0.438. The van der Waals surface area contributed by atoms with Crippen molar-refractivity contribution in [1.82, 2.24) is 20.2 Å². The number of hydrogen-bond acceptors (Lipinski definition) is 5. The summed E-state index contributed by atoms with van der Waals surface area (Å²) in [6, 6.07) is 8.75. The summed E-state index contributed by atoms with van der Waals surface area (Å²) in [7, 11) is 0. The minimum Gasteiger partial charge on any atom is -0.497 e. The Morgan fingerprint density at radius 3 is 2.77 bits per heavy atom. The predicted molar refractivity (Wildman–Crippen MR) is 83.3 cm³/mol. The van der Waals surface area contributed by atoms with Crippen LogP contribution in [0.1, 0.15) is 31.7 Å². The van der Waals surface area contributed by atoms with E-state index >= 15 is 0 Å². The van der Waals surface area contributed by atoms with Crippen molar-refractivity contribution in [3.63, 3.8) is 0 Å². The highest BCUT2D eigenvalue weighted by molar-refractivity contribution is 5.59. The topological polar surface area (TPSA) is 64.9 Å². The normalized spacial score (nSPS) is 20.6. The van der Waals surface area contributed by atoms with Crippen molar-refractivity contribution in [1.29, 1.82) is 0 Å². The van der Waals surface area contributed by atoms with E-state index in [1.54, 1.807) is 6.26 Å². The first-order valence-electron chi connectivity index (χ1n) is 7.83. The molecular weight excluding hydrogens is 278 g/mol. The van der Waals surface area contributed by atoms with E-state index in [2.05, 4.69) is 51.2 Å². The summed E-state index contributed by atoms with van der Waals surface area (Å²) in [5.74, 6) is 0.856. The van der Waals surface area contributed by atoms with Gasteiger partial charge in [0.05, 0.1) is 18.8 Å². The van der Waals surface area contributed by atoms with Crippen molar-refractivity contribution >= 4 is 5.69 Å². The molecule has 0 saturated heterocycles. The van der Waals surface area contributed by atoms with Crippen LogP contribution >= 0.6 is 0 Å². The standard InChI is InChI=1S/C16H19N5O/c1-2-10-22-15(3-1)11-17-13-6-4-12(5-7-13)16-18-19-20-21(16)14-8-9-14/h2,4-7,10,14-15,17H,1,3,8-9,11H2/t15-/m0/s1. The quantitative estimate of drug-likeness (QED) is 0.919. The van der Waals surface area contributed by atoms with Gasteiger partial charge in [0.1, 0.15) is 6.10 Å². The van der Waals surface area contributed by atoms with Crippen LogP contribution in [0.25, 0.3) is 11.4 Å². The van der Waals surface area contributed by atoms with Gasteiger partial charge in [-0.2, -0.15) is 0 Å². The fourth-order valence-corrected chi connectivity index (χ4v) is 2.65. The summed E-state index contributed by atoms with van der Waals surface area (Å²) in [5, 5.41) is 15.5. The Kier molecular flexibility index (Phi) is 3.50. The number of ether oxygens (including phenoxy) is 1. The maximum absolute atomic E-state index is 5.56. The lowest BCUT2D eigenvalue weighted by molar-refractivity contribution is 0.135. The number of rotatable bonds is 5. The van der Waals surface area contributed by atoms with Gasteiger partial charge in [0.15, 0.2) is 5.82 Å². The Balaban J connectivity index is 1.41. The average molecular weight is 297 g/mol. The van der Waals surface area contributed by atoms with E-state index in [-0.39, 0.29) is 6.10 Å². The highest BCUT2D eigenvalue weighted by Crippen LogP contribution is 2.36. The molecule has 0 unspecified atom stereocenters. The molecule has 6 heteroatoms. The highest BCUT2D eigenvalue weighted by Gasteiger charge is 2.28. The Bertz CT molecular complexity index is 659. The second-order valence-electron chi connectivity index (χ2n) is 5.84. The van der Waals surface area contributed by atoms with Crippen LogP contribution in [0.2, 0.25) is 0 Å². The fourth-order valence-electron chi connectivity index (χ4n) is 2.65. The van der Waals surface area contributed by atoms with Crippen LogP contribution in [0.5, 0.6) is 0 Å². The maximum atomic E-state index is 5.56. The van der Waals surface area contributed by atoms with Crippen molar-refractivity contribution in [2.45, 2.75) is 37.8 Å². The third-order valence-electron chi connectivity index (χ3n) is 4.09. The summed E-state index contributed by atoms with van der Waals surface area (Å²) < 4.78 is 7.49. The summed E-state index contributed by atoms with van der Waals surface area (Å²) in [6.45, 7) is 0.823. The predicted octanol–water partition coefficient (Wildman–Crippen LogP) is 2.78. The minimum atomic E-state index is 0.256. The molecule has 1 aliphatic heterocycles. The Hall–Kier alpha value is -2.37. The van der Waals surface area contributed by atoms with Gasteiger partial charge in [-0.05, 0) is 66.5 Å². The van der Waals surface area contributed by atoms with Crippen molar-refractivity contribution in [2.75, 3.05) is 11.9 Å². The number of benzene rings is 1. The van der Waals surface area contributed by atoms with Crippen LogP contribution in [0, 0.1) is 0 Å². The number of hydrogen-bond donors (Lipinski definition) is 1. The first kappa shape index (κ1) is 13.3. The molecule has 0 amide bonds. The lowest BCUT2D eigenvalue weighted by Crippen LogP contribution is -2.22. The second kappa shape index (κ2) is 5.79. The summed E-state index contributed by atoms with van der Waals surface area (Å²) in [6.07, 6.45) is 8.63. The van der Waals surface area contributed by atoms with Gasteiger partial charge in [0.2, 0.25) is 0 Å². The molecule has 1 aromatic carbocycles. The molecule has 6 nitrogen and oxygen atoms in total. The molecule has 4 rings (SSSR count). The van der Waals surface area contributed by atoms with E-state index in [1.807, 2.05) is 4.68 Å². The molecule has 1 saturated carbocycles. The van der Waals surface area contributed by atoms with Crippen LogP contribution in [0.4, 0.5) is 5.69 Å². The summed E-state index contributed by atoms with van der Waals surface area (Å²) >= 11 is 0. The van der Waals surface area contributed by atoms with Crippen LogP contribution in [-0.2, 0) is 4.74 Å². The van der Waals surface area contributed by atoms with E-state index in [0.29, 0.717) is 6.04 Å². The Morgan fingerprint density at radius 1 is 1.18 bits per heavy atom. The molecule has 2 aromatic rings. The van der Waals surface area contributed by atoms with Crippen LogP contribution < -0.4 is 5.32 Å². The summed E-state index contributed by atoms with van der Waals surface area (Å²) in [4.78, 5) is 0. The molecule has 2 heterocycles. The lowest BCUT2D eigenvalue weighted by Gasteiger charge is -2.20. The van der Waals surface area contributed by atoms with Gasteiger partial charge in [0.25, 0.3) is 0 Å². The molecule has 2 aliphatic rings. The highest BCUT2D eigenvalue weighted by atomic mass is 16.5. The van der Waals surface area contributed by atoms with Gasteiger partial charge in [0, 0.05) is 11.3 Å². The molecule has 0 radical (unpaired) electrons. The summed E-state index contributed by atoms with van der Waals surface area (Å²) in [5.41, 5.74) is 2.15. The third-order valence-corrected chi connectivity index (χ3v) is 4.09. The van der Waals surface area contributed by atoms with Crippen LogP contribution in [0.15, 0.2) is 36.6 Å². The largest absolute Gasteiger partial charge is 0.497 e. The van der Waals surface area contributed by atoms with Crippen molar-refractivity contribution < 1.29 is 4.74 Å². The van der Waals surface area contributed by atoms with Crippen molar-refractivity contribution in [3.8, 4) is 11.4 Å². The van der Waals surface area contributed by atoms with E-state index in [0.717, 1.165) is 36.5 Å². The van der Waals surface area contributed by atoms with Gasteiger partial charge >= 0.3 is 0 Å². The number of allylic oxidation sites excluding steroid dienone is 1. The van der Waals surface area contributed by atoms with E-state index in [1.165, 1.54) is 12.8 Å². The number of tetrazole rings is 1. The van der Waals surface area contributed by atoms with Gasteiger partial charge < -0.3 is 10.1 Å². The monoisotopic (exact) mass is 297 g/mol. The van der Waals surface area contributed by atoms with Crippen LogP contribution in [0.3, 0.4) is 0 Å². The average Bonchev–Trinajstić information content (AvgIpc) is 3.31. The SMILES string of the molecule is C1=CO[C@H](CNc2ccc(-c3nnnn3C3CC3)cc2)CC1. The van der Waals surface area contributed by atoms with E-state index in [4.69, 9.17) is 4.74 Å². The second-order valence-corrected chi connectivity index (χ2v) is 5.84. The molecule has 1 aliphatic carbocycles. The van der Waals surface area contributed by atoms with E-state index in [9.17, 15) is 0 Å². The number of aromatic nitrogens is 4. The molecule has 1 N–H and O–H groups in total. The first-order valence-corrected chi connectivity index (χ1v) is 7.83. The molecule has 114 valence electrons. The van der Waals surface area contributed by atoms with Gasteiger partial charge in [-0.15, -0.1) is 5.10 Å². The molecule has 1 fully saturated rings. The van der Waals surface area contributed by atoms with Crippen molar-refractivity contribution in [3.05, 3.63) is 36.6 Å². The van der Waals surface area contributed by atoms with Gasteiger partial charge in [-0.3, -0.25) is 0 Å². The number of anilines is 1. The zero-order valence-electron chi connectivity index (χ0n) is 12.4. The lowest BCUT2D eigenvalue weighted by atomic mass is 10.1. The Morgan fingerprint density at radius 2 is 2.05 bits per heavy atom. The number of nitrogens with one attached hydrogen (secondary N) is 1. The van der Waals surface area contributed by atoms with E-state index < -0.39 is 0 Å². The third kappa shape index (κ3) is 2.81. The maximum Gasteiger partial charge on any atom is 0.182 e. The van der Waals surface area contributed by atoms with Gasteiger partial charge in [-0.1, -0.05) is 0 Å². The Labute approximate surface area is 129 Å². The smallest absolute Gasteiger partial charge is 0.182 e. The van der Waals surface area contributed by atoms with Crippen LogP contribution in [-0.4, -0.2) is 32.9 Å². The van der Waals surface area contributed by atoms with Gasteiger partial charge in [-0.25, -0.2) is 4.68 Å². The zero-order chi connectivity index (χ0) is 14.8. The molecule has 1 aromatic heterocycles. The number of nitrogens with zero attached hydrogens (tertiary/aromatic N) is 4. The molecular formula is C16H19N5O. The minimum absolute atomic E-state index is 0.256. The zero-order valence-corrected chi connectivity index (χ0v) is 12.4. The molecule has 1 atom stereocenters. The first-order chi connectivity index (χ1) is 10.9. The van der Waals surface area contributed by atoms with Crippen molar-refractivity contribution in [2.24, 2.45) is 0 Å². The molecule has 0 bridgehead atoms.